The fourth-order valence-corrected chi connectivity index (χ4v) is 5.98. The Kier molecular flexibility index (Phi) is 6.36. The first-order valence-corrected chi connectivity index (χ1v) is 14.0. The van der Waals surface area contributed by atoms with Crippen LogP contribution in [0.15, 0.2) is 31.0 Å². The smallest absolute Gasteiger partial charge is 0.319 e. The number of fused-ring (bicyclic) bond motifs is 2. The number of H-pyrrole nitrogens is 1. The zero-order chi connectivity index (χ0) is 28.3. The lowest BCUT2D eigenvalue weighted by atomic mass is 10.0. The third kappa shape index (κ3) is 4.59. The summed E-state index contributed by atoms with van der Waals surface area (Å²) in [6.45, 7) is 7.18. The molecule has 7 rings (SSSR count). The normalized spacial score (nSPS) is 19.7. The van der Waals surface area contributed by atoms with Crippen molar-refractivity contribution in [1.82, 2.24) is 35.4 Å². The minimum absolute atomic E-state index is 0.0159. The summed E-state index contributed by atoms with van der Waals surface area (Å²) in [5.41, 5.74) is 0.823. The van der Waals surface area contributed by atoms with Gasteiger partial charge < -0.3 is 24.6 Å². The van der Waals surface area contributed by atoms with Crippen LogP contribution in [0.1, 0.15) is 12.8 Å². The van der Waals surface area contributed by atoms with E-state index in [4.69, 9.17) is 42.6 Å². The molecule has 2 saturated heterocycles. The van der Waals surface area contributed by atoms with Crippen LogP contribution in [-0.2, 0) is 4.79 Å². The van der Waals surface area contributed by atoms with Gasteiger partial charge in [-0.1, -0.05) is 29.8 Å². The van der Waals surface area contributed by atoms with Gasteiger partial charge in [-0.05, 0) is 25.0 Å². The molecule has 0 bridgehead atoms. The summed E-state index contributed by atoms with van der Waals surface area (Å²) in [5.74, 6) is -0.186. The van der Waals surface area contributed by atoms with Gasteiger partial charge in [-0.2, -0.15) is 20.1 Å². The molecular weight excluding hydrogens is 574 g/mol. The van der Waals surface area contributed by atoms with E-state index < -0.39 is 5.82 Å². The number of nitrogens with one attached hydrogen (secondary N) is 2. The van der Waals surface area contributed by atoms with Gasteiger partial charge in [0.25, 0.3) is 0 Å². The molecule has 1 aliphatic carbocycles. The summed E-state index contributed by atoms with van der Waals surface area (Å²) in [6.07, 6.45) is 4.88. The number of hydrogen-bond acceptors (Lipinski definition) is 9. The number of aromatic nitrogens is 5. The number of ether oxygens (including phenoxy) is 2. The Bertz CT molecular complexity index is 1700. The molecule has 2 aliphatic heterocycles. The summed E-state index contributed by atoms with van der Waals surface area (Å²) in [7, 11) is 0. The quantitative estimate of drug-likeness (QED) is 0.249. The fourth-order valence-electron chi connectivity index (χ4n) is 5.60. The summed E-state index contributed by atoms with van der Waals surface area (Å²) >= 11 is 12.8. The van der Waals surface area contributed by atoms with Gasteiger partial charge in [0.2, 0.25) is 11.8 Å². The highest BCUT2D eigenvalue weighted by Gasteiger charge is 2.54. The molecule has 41 heavy (non-hydrogen) atoms. The molecule has 3 aromatic heterocycles. The monoisotopic (exact) mass is 598 g/mol. The van der Waals surface area contributed by atoms with Crippen LogP contribution in [0.5, 0.6) is 17.6 Å². The number of carbonyl (C=O) groups excluding carboxylic acids is 1. The molecular formula is C27H25Cl2FN8O3. The van der Waals surface area contributed by atoms with Crippen molar-refractivity contribution in [3.8, 4) is 17.6 Å². The predicted molar refractivity (Wildman–Crippen MR) is 151 cm³/mol. The Morgan fingerprint density at radius 2 is 1.95 bits per heavy atom. The number of benzene rings is 1. The Balaban J connectivity index is 1.34. The molecule has 1 spiro atoms. The highest BCUT2D eigenvalue weighted by atomic mass is 35.5. The van der Waals surface area contributed by atoms with Crippen molar-refractivity contribution in [3.63, 3.8) is 0 Å². The van der Waals surface area contributed by atoms with Gasteiger partial charge >= 0.3 is 6.01 Å². The Morgan fingerprint density at radius 1 is 1.15 bits per heavy atom. The zero-order valence-corrected chi connectivity index (χ0v) is 23.3. The van der Waals surface area contributed by atoms with Gasteiger partial charge in [0.15, 0.2) is 5.75 Å². The van der Waals surface area contributed by atoms with E-state index in [2.05, 4.69) is 27.1 Å². The van der Waals surface area contributed by atoms with E-state index in [1.165, 1.54) is 18.3 Å². The maximum atomic E-state index is 14.7. The van der Waals surface area contributed by atoms with Gasteiger partial charge in [0.05, 0.1) is 22.5 Å². The second-order valence-corrected chi connectivity index (χ2v) is 11.3. The first-order valence-electron chi connectivity index (χ1n) is 13.3. The molecule has 14 heteroatoms. The summed E-state index contributed by atoms with van der Waals surface area (Å²) < 4.78 is 27.2. The fraction of sp³-hybridized carbons (Fsp3) is 0.370. The molecule has 2 N–H and O–H groups in total. The number of amides is 1. The third-order valence-corrected chi connectivity index (χ3v) is 8.61. The van der Waals surface area contributed by atoms with Crippen LogP contribution >= 0.6 is 23.2 Å². The van der Waals surface area contributed by atoms with E-state index in [9.17, 15) is 9.18 Å². The van der Waals surface area contributed by atoms with Crippen molar-refractivity contribution < 1.29 is 18.7 Å². The highest BCUT2D eigenvalue weighted by Crippen LogP contribution is 2.51. The maximum absolute atomic E-state index is 14.7. The van der Waals surface area contributed by atoms with Crippen LogP contribution in [0.4, 0.5) is 10.2 Å². The maximum Gasteiger partial charge on any atom is 0.319 e. The van der Waals surface area contributed by atoms with E-state index in [1.807, 2.05) is 4.90 Å². The van der Waals surface area contributed by atoms with Crippen LogP contribution in [-0.4, -0.2) is 81.3 Å². The van der Waals surface area contributed by atoms with Crippen molar-refractivity contribution in [2.75, 3.05) is 44.2 Å². The zero-order valence-electron chi connectivity index (χ0n) is 21.8. The Hall–Kier alpha value is -3.74. The second kappa shape index (κ2) is 9.97. The van der Waals surface area contributed by atoms with Gasteiger partial charge in [-0.25, -0.2) is 4.39 Å². The standard InChI is InChI=1S/C27H25Cl2FN8O3/c1-2-20(39)37-5-7-38(8-6-37)24-14-9-19(28)33-25(41-23-15-11-32-36-17(15)10-16(30)21(23)29)22(14)34-26(35-24)40-18-12-31-13-27(18)3-4-27/h2,9-11,18,31H,1,3-8,12-13H2,(H,32,36). The van der Waals surface area contributed by atoms with E-state index in [0.29, 0.717) is 60.3 Å². The molecule has 5 heterocycles. The average molecular weight is 599 g/mol. The molecule has 0 radical (unpaired) electrons. The third-order valence-electron chi connectivity index (χ3n) is 8.07. The molecule has 3 aliphatic rings. The van der Waals surface area contributed by atoms with E-state index in [1.54, 1.807) is 11.0 Å². The van der Waals surface area contributed by atoms with Crippen molar-refractivity contribution in [1.29, 1.82) is 0 Å². The van der Waals surface area contributed by atoms with Crippen LogP contribution in [0, 0.1) is 11.2 Å². The molecule has 1 atom stereocenters. The van der Waals surface area contributed by atoms with Crippen LogP contribution < -0.4 is 19.7 Å². The van der Waals surface area contributed by atoms with Gasteiger partial charge in [-0.15, -0.1) is 0 Å². The summed E-state index contributed by atoms with van der Waals surface area (Å²) in [4.78, 5) is 29.9. The summed E-state index contributed by atoms with van der Waals surface area (Å²) in [6, 6.07) is 3.07. The highest BCUT2D eigenvalue weighted by molar-refractivity contribution is 6.33. The first-order chi connectivity index (χ1) is 19.8. The van der Waals surface area contributed by atoms with E-state index in [0.717, 1.165) is 19.4 Å². The van der Waals surface area contributed by atoms with Gasteiger partial charge in [0, 0.05) is 50.7 Å². The topological polar surface area (TPSA) is 121 Å². The minimum atomic E-state index is -0.681. The van der Waals surface area contributed by atoms with E-state index >= 15 is 0 Å². The largest absolute Gasteiger partial charge is 0.458 e. The number of nitrogens with zero attached hydrogens (tertiary/aromatic N) is 6. The number of carbonyl (C=O) groups is 1. The van der Waals surface area contributed by atoms with Crippen LogP contribution in [0.3, 0.4) is 0 Å². The van der Waals surface area contributed by atoms with E-state index in [-0.39, 0.29) is 45.2 Å². The predicted octanol–water partition coefficient (Wildman–Crippen LogP) is 4.10. The molecule has 1 aromatic carbocycles. The number of pyridine rings is 1. The number of aromatic amines is 1. The number of piperazine rings is 1. The molecule has 1 amide bonds. The lowest BCUT2D eigenvalue weighted by molar-refractivity contribution is -0.126. The molecule has 212 valence electrons. The summed E-state index contributed by atoms with van der Waals surface area (Å²) in [5, 5.41) is 11.1. The van der Waals surface area contributed by atoms with Crippen molar-refractivity contribution >= 4 is 56.7 Å². The van der Waals surface area contributed by atoms with Crippen molar-refractivity contribution in [3.05, 3.63) is 47.0 Å². The molecule has 1 saturated carbocycles. The van der Waals surface area contributed by atoms with Crippen LogP contribution in [0.2, 0.25) is 10.2 Å². The van der Waals surface area contributed by atoms with Crippen molar-refractivity contribution in [2.24, 2.45) is 5.41 Å². The SMILES string of the molecule is C=CC(=O)N1CCN(c2nc(OC3CNCC34CC4)nc3c(Oc4c(Cl)c(F)cc5[nH]ncc45)nc(Cl)cc23)CC1. The van der Waals surface area contributed by atoms with Gasteiger partial charge in [0.1, 0.15) is 33.4 Å². The average Bonchev–Trinajstić information content (AvgIpc) is 3.44. The Labute approximate surface area is 243 Å². The molecule has 1 unspecified atom stereocenters. The number of anilines is 1. The first kappa shape index (κ1) is 26.2. The molecule has 3 fully saturated rings. The van der Waals surface area contributed by atoms with Crippen molar-refractivity contribution in [2.45, 2.75) is 18.9 Å². The second-order valence-electron chi connectivity index (χ2n) is 10.5. The minimum Gasteiger partial charge on any atom is -0.458 e. The number of rotatable bonds is 6. The number of hydrogen-bond donors (Lipinski definition) is 2. The lowest BCUT2D eigenvalue weighted by Crippen LogP contribution is -2.48. The lowest BCUT2D eigenvalue weighted by Gasteiger charge is -2.35. The molecule has 11 nitrogen and oxygen atoms in total. The molecule has 4 aromatic rings. The Morgan fingerprint density at radius 3 is 2.71 bits per heavy atom. The van der Waals surface area contributed by atoms with Gasteiger partial charge in [-0.3, -0.25) is 9.89 Å². The number of halogens is 3. The van der Waals surface area contributed by atoms with Crippen LogP contribution in [0.25, 0.3) is 21.8 Å².